The lowest BCUT2D eigenvalue weighted by molar-refractivity contribution is -0.130. The largest absolute Gasteiger partial charge is 0.341 e. The first-order valence-electron chi connectivity index (χ1n) is 7.30. The van der Waals surface area contributed by atoms with E-state index in [-0.39, 0.29) is 23.3 Å². The number of sulfone groups is 1. The van der Waals surface area contributed by atoms with Gasteiger partial charge in [-0.3, -0.25) is 4.79 Å². The average Bonchev–Trinajstić information content (AvgIpc) is 2.80. The number of carbonyl (C=O) groups is 1. The van der Waals surface area contributed by atoms with Crippen molar-refractivity contribution in [3.63, 3.8) is 0 Å². The molecule has 0 spiro atoms. The number of rotatable bonds is 4. The highest BCUT2D eigenvalue weighted by Crippen LogP contribution is 2.25. The van der Waals surface area contributed by atoms with Gasteiger partial charge in [0, 0.05) is 26.1 Å². The minimum atomic E-state index is -3.07. The quantitative estimate of drug-likeness (QED) is 0.820. The number of carbonyl (C=O) groups excluding carboxylic acids is 1. The zero-order valence-electron chi connectivity index (χ0n) is 11.4. The molecule has 110 valence electrons. The van der Waals surface area contributed by atoms with Crippen LogP contribution in [0.1, 0.15) is 38.5 Å². The van der Waals surface area contributed by atoms with Gasteiger partial charge in [0.1, 0.15) is 0 Å². The van der Waals surface area contributed by atoms with E-state index in [1.54, 1.807) is 4.90 Å². The molecule has 1 amide bonds. The lowest BCUT2D eigenvalue weighted by Gasteiger charge is -2.20. The Bertz CT molecular complexity index is 394. The predicted molar refractivity (Wildman–Crippen MR) is 74.7 cm³/mol. The molecule has 1 saturated heterocycles. The second-order valence-electron chi connectivity index (χ2n) is 5.51. The Kier molecular flexibility index (Phi) is 5.21. The van der Waals surface area contributed by atoms with Gasteiger partial charge in [0.2, 0.25) is 5.91 Å². The highest BCUT2D eigenvalue weighted by molar-refractivity contribution is 7.92. The van der Waals surface area contributed by atoms with Crippen molar-refractivity contribution in [1.82, 2.24) is 10.2 Å². The van der Waals surface area contributed by atoms with Crippen LogP contribution >= 0.6 is 0 Å². The Morgan fingerprint density at radius 3 is 2.58 bits per heavy atom. The van der Waals surface area contributed by atoms with Crippen molar-refractivity contribution in [3.05, 3.63) is 0 Å². The van der Waals surface area contributed by atoms with Crippen LogP contribution in [0.25, 0.3) is 0 Å². The van der Waals surface area contributed by atoms with Crippen molar-refractivity contribution in [2.75, 3.05) is 31.9 Å². The monoisotopic (exact) mass is 288 g/mol. The summed E-state index contributed by atoms with van der Waals surface area (Å²) >= 11 is 0. The van der Waals surface area contributed by atoms with E-state index in [9.17, 15) is 13.2 Å². The second-order valence-corrected chi connectivity index (χ2v) is 7.91. The smallest absolute Gasteiger partial charge is 0.223 e. The highest BCUT2D eigenvalue weighted by atomic mass is 32.2. The SMILES string of the molecule is O=C(CCS(=O)(=O)C1CCCC1)N1CCCNCC1. The maximum atomic E-state index is 12.1. The molecule has 1 heterocycles. The van der Waals surface area contributed by atoms with E-state index >= 15 is 0 Å². The highest BCUT2D eigenvalue weighted by Gasteiger charge is 2.29. The molecule has 0 aromatic rings. The lowest BCUT2D eigenvalue weighted by atomic mass is 10.3. The van der Waals surface area contributed by atoms with Gasteiger partial charge in [0.05, 0.1) is 11.0 Å². The van der Waals surface area contributed by atoms with Crippen molar-refractivity contribution in [2.24, 2.45) is 0 Å². The van der Waals surface area contributed by atoms with Crippen LogP contribution in [0, 0.1) is 0 Å². The summed E-state index contributed by atoms with van der Waals surface area (Å²) in [4.78, 5) is 13.8. The van der Waals surface area contributed by atoms with Crippen molar-refractivity contribution < 1.29 is 13.2 Å². The van der Waals surface area contributed by atoms with Crippen LogP contribution in [0.3, 0.4) is 0 Å². The van der Waals surface area contributed by atoms with E-state index < -0.39 is 9.84 Å². The van der Waals surface area contributed by atoms with E-state index in [0.29, 0.717) is 6.54 Å². The maximum Gasteiger partial charge on any atom is 0.223 e. The van der Waals surface area contributed by atoms with Crippen LogP contribution in [-0.4, -0.2) is 56.4 Å². The molecule has 1 aliphatic carbocycles. The minimum Gasteiger partial charge on any atom is -0.341 e. The molecule has 19 heavy (non-hydrogen) atoms. The maximum absolute atomic E-state index is 12.1. The van der Waals surface area contributed by atoms with E-state index in [2.05, 4.69) is 5.32 Å². The number of nitrogens with one attached hydrogen (secondary N) is 1. The fourth-order valence-corrected chi connectivity index (χ4v) is 4.74. The van der Waals surface area contributed by atoms with E-state index in [1.165, 1.54) is 0 Å². The summed E-state index contributed by atoms with van der Waals surface area (Å²) in [5, 5.41) is 3.05. The first kappa shape index (κ1) is 14.8. The van der Waals surface area contributed by atoms with E-state index in [0.717, 1.165) is 51.7 Å². The standard InChI is InChI=1S/C13H24N2O3S/c16-13(15-9-3-7-14-8-10-15)6-11-19(17,18)12-4-1-2-5-12/h12,14H,1-11H2. The number of nitrogens with zero attached hydrogens (tertiary/aromatic N) is 1. The molecule has 2 aliphatic rings. The van der Waals surface area contributed by atoms with Gasteiger partial charge in [-0.05, 0) is 25.8 Å². The van der Waals surface area contributed by atoms with Gasteiger partial charge in [0.15, 0.2) is 9.84 Å². The topological polar surface area (TPSA) is 66.5 Å². The zero-order chi connectivity index (χ0) is 13.7. The third kappa shape index (κ3) is 4.18. The summed E-state index contributed by atoms with van der Waals surface area (Å²) in [5.41, 5.74) is 0. The molecule has 6 heteroatoms. The molecule has 1 N–H and O–H groups in total. The van der Waals surface area contributed by atoms with Crippen molar-refractivity contribution in [2.45, 2.75) is 43.8 Å². The second kappa shape index (κ2) is 6.70. The normalized spacial score (nSPS) is 22.4. The fourth-order valence-electron chi connectivity index (χ4n) is 2.90. The summed E-state index contributed by atoms with van der Waals surface area (Å²) in [7, 11) is -3.07. The van der Waals surface area contributed by atoms with E-state index in [1.807, 2.05) is 0 Å². The Labute approximate surface area is 115 Å². The number of amides is 1. The van der Waals surface area contributed by atoms with Gasteiger partial charge in [-0.2, -0.15) is 0 Å². The summed E-state index contributed by atoms with van der Waals surface area (Å²) < 4.78 is 24.2. The average molecular weight is 288 g/mol. The van der Waals surface area contributed by atoms with Gasteiger partial charge in [-0.25, -0.2) is 8.42 Å². The molecule has 1 aliphatic heterocycles. The van der Waals surface area contributed by atoms with Crippen LogP contribution < -0.4 is 5.32 Å². The summed E-state index contributed by atoms with van der Waals surface area (Å²) in [6.07, 6.45) is 4.68. The molecule has 0 aromatic heterocycles. The van der Waals surface area contributed by atoms with Gasteiger partial charge in [0.25, 0.3) is 0 Å². The van der Waals surface area contributed by atoms with Gasteiger partial charge in [-0.15, -0.1) is 0 Å². The van der Waals surface area contributed by atoms with Crippen LogP contribution in [0.5, 0.6) is 0 Å². The molecular weight excluding hydrogens is 264 g/mol. The number of hydrogen-bond acceptors (Lipinski definition) is 4. The van der Waals surface area contributed by atoms with Gasteiger partial charge in [-0.1, -0.05) is 12.8 Å². The Balaban J connectivity index is 1.81. The van der Waals surface area contributed by atoms with Crippen molar-refractivity contribution in [3.8, 4) is 0 Å². The summed E-state index contributed by atoms with van der Waals surface area (Å²) in [5.74, 6) is 0.0192. The molecule has 5 nitrogen and oxygen atoms in total. The molecule has 2 rings (SSSR count). The Morgan fingerprint density at radius 2 is 1.84 bits per heavy atom. The minimum absolute atomic E-state index is 0.00901. The first-order chi connectivity index (χ1) is 9.09. The van der Waals surface area contributed by atoms with Crippen LogP contribution in [-0.2, 0) is 14.6 Å². The summed E-state index contributed by atoms with van der Waals surface area (Å²) in [6, 6.07) is 0. The molecule has 2 fully saturated rings. The lowest BCUT2D eigenvalue weighted by Crippen LogP contribution is -2.35. The van der Waals surface area contributed by atoms with E-state index in [4.69, 9.17) is 0 Å². The zero-order valence-corrected chi connectivity index (χ0v) is 12.3. The Hall–Kier alpha value is -0.620. The third-order valence-corrected chi connectivity index (χ3v) is 6.36. The molecule has 0 atom stereocenters. The Morgan fingerprint density at radius 1 is 1.11 bits per heavy atom. The first-order valence-corrected chi connectivity index (χ1v) is 9.01. The van der Waals surface area contributed by atoms with Crippen LogP contribution in [0.15, 0.2) is 0 Å². The predicted octanol–water partition coefficient (Wildman–Crippen LogP) is 0.556. The third-order valence-electron chi connectivity index (χ3n) is 4.10. The van der Waals surface area contributed by atoms with Crippen LogP contribution in [0.4, 0.5) is 0 Å². The van der Waals surface area contributed by atoms with Crippen molar-refractivity contribution >= 4 is 15.7 Å². The van der Waals surface area contributed by atoms with Crippen LogP contribution in [0.2, 0.25) is 0 Å². The summed E-state index contributed by atoms with van der Waals surface area (Å²) in [6.45, 7) is 3.18. The van der Waals surface area contributed by atoms with Crippen molar-refractivity contribution in [1.29, 1.82) is 0 Å². The molecule has 0 unspecified atom stereocenters. The van der Waals surface area contributed by atoms with Gasteiger partial charge >= 0.3 is 0 Å². The number of hydrogen-bond donors (Lipinski definition) is 1. The molecule has 0 bridgehead atoms. The van der Waals surface area contributed by atoms with Gasteiger partial charge < -0.3 is 10.2 Å². The molecule has 0 aromatic carbocycles. The molecule has 1 saturated carbocycles. The molecular formula is C13H24N2O3S. The fraction of sp³-hybridized carbons (Fsp3) is 0.923. The molecule has 0 radical (unpaired) electrons.